The van der Waals surface area contributed by atoms with Crippen molar-refractivity contribution in [2.24, 2.45) is 0 Å². The van der Waals surface area contributed by atoms with E-state index in [9.17, 15) is 8.42 Å². The molecule has 1 unspecified atom stereocenters. The van der Waals surface area contributed by atoms with Crippen LogP contribution in [0.15, 0.2) is 23.1 Å². The van der Waals surface area contributed by atoms with Crippen molar-refractivity contribution < 1.29 is 8.42 Å². The molecule has 0 aliphatic carbocycles. The second kappa shape index (κ2) is 8.10. The van der Waals surface area contributed by atoms with Gasteiger partial charge in [0.25, 0.3) is 0 Å². The summed E-state index contributed by atoms with van der Waals surface area (Å²) in [5.41, 5.74) is 0.891. The highest BCUT2D eigenvalue weighted by Gasteiger charge is 2.19. The van der Waals surface area contributed by atoms with Crippen LogP contribution in [0.2, 0.25) is 5.02 Å². The van der Waals surface area contributed by atoms with Crippen LogP contribution >= 0.6 is 11.6 Å². The Morgan fingerprint density at radius 2 is 2.00 bits per heavy atom. The summed E-state index contributed by atoms with van der Waals surface area (Å²) < 4.78 is 27.3. The average molecular weight is 334 g/mol. The monoisotopic (exact) mass is 333 g/mol. The highest BCUT2D eigenvalue weighted by molar-refractivity contribution is 7.89. The van der Waals surface area contributed by atoms with Gasteiger partial charge in [-0.2, -0.15) is 0 Å². The minimum absolute atomic E-state index is 0.100. The van der Waals surface area contributed by atoms with Gasteiger partial charge in [0.2, 0.25) is 10.0 Å². The second-order valence-corrected chi connectivity index (χ2v) is 7.35. The first-order valence-electron chi connectivity index (χ1n) is 6.93. The summed E-state index contributed by atoms with van der Waals surface area (Å²) in [6.45, 7) is 5.72. The molecule has 0 bridgehead atoms. The molecule has 0 fully saturated rings. The van der Waals surface area contributed by atoms with Crippen molar-refractivity contribution in [3.63, 3.8) is 0 Å². The van der Waals surface area contributed by atoms with Crippen molar-refractivity contribution in [3.8, 4) is 0 Å². The summed E-state index contributed by atoms with van der Waals surface area (Å²) in [6, 6.07) is 5.17. The summed E-state index contributed by atoms with van der Waals surface area (Å²) in [7, 11) is 0.208. The molecule has 0 heterocycles. The van der Waals surface area contributed by atoms with Crippen LogP contribution in [0.3, 0.4) is 0 Å². The Morgan fingerprint density at radius 3 is 2.57 bits per heavy atom. The zero-order valence-electron chi connectivity index (χ0n) is 13.0. The van der Waals surface area contributed by atoms with E-state index in [1.165, 1.54) is 0 Å². The predicted octanol–water partition coefficient (Wildman–Crippen LogP) is 1.68. The molecule has 120 valence electrons. The Balaban J connectivity index is 2.91. The van der Waals surface area contributed by atoms with E-state index in [1.54, 1.807) is 12.1 Å². The third kappa shape index (κ3) is 5.56. The van der Waals surface area contributed by atoms with E-state index in [0.29, 0.717) is 13.1 Å². The van der Waals surface area contributed by atoms with Gasteiger partial charge in [0.15, 0.2) is 0 Å². The quantitative estimate of drug-likeness (QED) is 0.760. The Hall–Kier alpha value is -0.660. The highest BCUT2D eigenvalue weighted by Crippen LogP contribution is 2.22. The molecule has 0 saturated carbocycles. The molecule has 7 heteroatoms. The van der Waals surface area contributed by atoms with Crippen LogP contribution in [0.1, 0.15) is 19.4 Å². The number of sulfonamides is 1. The maximum atomic E-state index is 12.4. The van der Waals surface area contributed by atoms with Gasteiger partial charge in [0, 0.05) is 19.1 Å². The van der Waals surface area contributed by atoms with E-state index in [2.05, 4.69) is 10.0 Å². The normalized spacial score (nSPS) is 13.6. The molecule has 0 amide bonds. The lowest BCUT2D eigenvalue weighted by atomic mass is 10.2. The van der Waals surface area contributed by atoms with E-state index in [4.69, 9.17) is 11.6 Å². The fourth-order valence-electron chi connectivity index (χ4n) is 1.62. The lowest BCUT2D eigenvalue weighted by molar-refractivity contribution is 0.314. The number of likely N-dealkylation sites (N-methyl/N-ethyl adjacent to an activating group) is 1. The summed E-state index contributed by atoms with van der Waals surface area (Å²) in [5, 5.41) is 3.40. The number of hydrogen-bond acceptors (Lipinski definition) is 4. The largest absolute Gasteiger partial charge is 0.313 e. The van der Waals surface area contributed by atoms with Crippen molar-refractivity contribution in [1.82, 2.24) is 14.9 Å². The Kier molecular flexibility index (Phi) is 7.09. The molecule has 2 N–H and O–H groups in total. The van der Waals surface area contributed by atoms with E-state index < -0.39 is 10.0 Å². The van der Waals surface area contributed by atoms with Crippen molar-refractivity contribution >= 4 is 21.6 Å². The molecule has 0 spiro atoms. The van der Waals surface area contributed by atoms with Crippen LogP contribution in [0, 0.1) is 0 Å². The number of halogens is 1. The lowest BCUT2D eigenvalue weighted by Gasteiger charge is -2.20. The maximum Gasteiger partial charge on any atom is 0.242 e. The summed E-state index contributed by atoms with van der Waals surface area (Å²) >= 11 is 6.04. The standard InChI is InChI=1S/C14H24ClN3O2S/c1-5-16-10-12-6-7-13(15)14(8-12)21(19,20)17-9-11(2)18(3)4/h6-8,11,16-17H,5,9-10H2,1-4H3. The third-order valence-corrected chi connectivity index (χ3v) is 5.22. The molecule has 0 radical (unpaired) electrons. The molecule has 1 aromatic rings. The van der Waals surface area contributed by atoms with Crippen molar-refractivity contribution in [2.75, 3.05) is 27.2 Å². The van der Waals surface area contributed by atoms with Crippen LogP contribution in [0.4, 0.5) is 0 Å². The number of hydrogen-bond donors (Lipinski definition) is 2. The average Bonchev–Trinajstić information content (AvgIpc) is 2.43. The summed E-state index contributed by atoms with van der Waals surface area (Å²) in [5.74, 6) is 0. The first kappa shape index (κ1) is 18.4. The van der Waals surface area contributed by atoms with Crippen LogP contribution in [0.25, 0.3) is 0 Å². The molecule has 0 aromatic heterocycles. The fraction of sp³-hybridized carbons (Fsp3) is 0.571. The lowest BCUT2D eigenvalue weighted by Crippen LogP contribution is -2.38. The van der Waals surface area contributed by atoms with Gasteiger partial charge in [0.05, 0.1) is 5.02 Å². The van der Waals surface area contributed by atoms with E-state index in [0.717, 1.165) is 12.1 Å². The summed E-state index contributed by atoms with van der Waals surface area (Å²) in [4.78, 5) is 2.08. The van der Waals surface area contributed by atoms with Gasteiger partial charge in [-0.25, -0.2) is 13.1 Å². The van der Waals surface area contributed by atoms with Crippen LogP contribution in [0.5, 0.6) is 0 Å². The van der Waals surface area contributed by atoms with Gasteiger partial charge in [-0.15, -0.1) is 0 Å². The van der Waals surface area contributed by atoms with E-state index in [1.807, 2.05) is 38.9 Å². The fourth-order valence-corrected chi connectivity index (χ4v) is 3.29. The van der Waals surface area contributed by atoms with E-state index >= 15 is 0 Å². The molecule has 5 nitrogen and oxygen atoms in total. The molecular formula is C14H24ClN3O2S. The van der Waals surface area contributed by atoms with Gasteiger partial charge >= 0.3 is 0 Å². The van der Waals surface area contributed by atoms with Gasteiger partial charge < -0.3 is 10.2 Å². The number of nitrogens with zero attached hydrogens (tertiary/aromatic N) is 1. The molecule has 21 heavy (non-hydrogen) atoms. The number of benzene rings is 1. The third-order valence-electron chi connectivity index (χ3n) is 3.31. The van der Waals surface area contributed by atoms with Gasteiger partial charge in [-0.3, -0.25) is 0 Å². The number of rotatable bonds is 8. The summed E-state index contributed by atoms with van der Waals surface area (Å²) in [6.07, 6.45) is 0. The van der Waals surface area contributed by atoms with Gasteiger partial charge in [0.1, 0.15) is 4.90 Å². The Morgan fingerprint density at radius 1 is 1.33 bits per heavy atom. The molecule has 0 aliphatic rings. The van der Waals surface area contributed by atoms with Gasteiger partial charge in [-0.05, 0) is 45.3 Å². The smallest absolute Gasteiger partial charge is 0.242 e. The molecular weight excluding hydrogens is 310 g/mol. The minimum Gasteiger partial charge on any atom is -0.313 e. The van der Waals surface area contributed by atoms with Crippen molar-refractivity contribution in [2.45, 2.75) is 31.3 Å². The van der Waals surface area contributed by atoms with Crippen molar-refractivity contribution in [3.05, 3.63) is 28.8 Å². The predicted molar refractivity (Wildman–Crippen MR) is 87.2 cm³/mol. The topological polar surface area (TPSA) is 61.4 Å². The minimum atomic E-state index is -3.60. The van der Waals surface area contributed by atoms with Crippen molar-refractivity contribution in [1.29, 1.82) is 0 Å². The zero-order valence-corrected chi connectivity index (χ0v) is 14.6. The van der Waals surface area contributed by atoms with Crippen LogP contribution in [-0.4, -0.2) is 46.5 Å². The number of nitrogens with one attached hydrogen (secondary N) is 2. The Labute approximate surface area is 132 Å². The molecule has 1 aromatic carbocycles. The molecule has 0 aliphatic heterocycles. The highest BCUT2D eigenvalue weighted by atomic mass is 35.5. The maximum absolute atomic E-state index is 12.4. The Bertz CT molecular complexity index is 561. The molecule has 0 saturated heterocycles. The van der Waals surface area contributed by atoms with Crippen LogP contribution in [-0.2, 0) is 16.6 Å². The first-order chi connectivity index (χ1) is 9.77. The molecule has 1 rings (SSSR count). The van der Waals surface area contributed by atoms with Gasteiger partial charge in [-0.1, -0.05) is 24.6 Å². The molecule has 1 atom stereocenters. The first-order valence-corrected chi connectivity index (χ1v) is 8.79. The zero-order chi connectivity index (χ0) is 16.0. The second-order valence-electron chi connectivity index (χ2n) is 5.21. The van der Waals surface area contributed by atoms with E-state index in [-0.39, 0.29) is 16.0 Å². The SMILES string of the molecule is CCNCc1ccc(Cl)c(S(=O)(=O)NCC(C)N(C)C)c1. The van der Waals surface area contributed by atoms with Crippen LogP contribution < -0.4 is 10.0 Å².